The lowest BCUT2D eigenvalue weighted by Gasteiger charge is -2.36. The molecule has 1 aliphatic rings. The van der Waals surface area contributed by atoms with Gasteiger partial charge in [0.2, 0.25) is 0 Å². The maximum atomic E-state index is 13.0. The number of nitrogen functional groups attached to an aromatic ring is 1. The number of piperidine rings is 1. The predicted octanol–water partition coefficient (Wildman–Crippen LogP) is 4.03. The van der Waals surface area contributed by atoms with Crippen LogP contribution in [0.5, 0.6) is 0 Å². The van der Waals surface area contributed by atoms with Gasteiger partial charge in [-0.3, -0.25) is 14.5 Å². The van der Waals surface area contributed by atoms with Crippen molar-refractivity contribution in [1.29, 1.82) is 0 Å². The molecule has 1 atom stereocenters. The molecule has 0 bridgehead atoms. The van der Waals surface area contributed by atoms with Gasteiger partial charge in [-0.2, -0.15) is 0 Å². The second kappa shape index (κ2) is 11.1. The maximum Gasteiger partial charge on any atom is 0.410 e. The molecule has 2 aromatic heterocycles. The zero-order valence-electron chi connectivity index (χ0n) is 22.7. The van der Waals surface area contributed by atoms with E-state index < -0.39 is 23.6 Å². The number of amides is 3. The molecule has 5 N–H and O–H groups in total. The Bertz CT molecular complexity index is 1380. The number of hydrogen-bond donors (Lipinski definition) is 3. The van der Waals surface area contributed by atoms with Gasteiger partial charge in [0, 0.05) is 23.9 Å². The number of likely N-dealkylation sites (tertiary alicyclic amines) is 1. The number of benzene rings is 1. The van der Waals surface area contributed by atoms with E-state index in [9.17, 15) is 14.4 Å². The fraction of sp³-hybridized carbons (Fsp3) is 0.393. The number of rotatable bonds is 6. The van der Waals surface area contributed by atoms with Crippen LogP contribution in [0.25, 0.3) is 11.3 Å². The highest BCUT2D eigenvalue weighted by Crippen LogP contribution is 2.34. The molecule has 11 nitrogen and oxygen atoms in total. The van der Waals surface area contributed by atoms with Crippen molar-refractivity contribution in [1.82, 2.24) is 19.5 Å². The second-order valence-electron chi connectivity index (χ2n) is 10.5. The van der Waals surface area contributed by atoms with Crippen molar-refractivity contribution >= 4 is 23.7 Å². The maximum absolute atomic E-state index is 13.0. The molecule has 1 saturated heterocycles. The quantitative estimate of drug-likeness (QED) is 0.403. The molecule has 0 unspecified atom stereocenters. The van der Waals surface area contributed by atoms with E-state index in [4.69, 9.17) is 21.3 Å². The van der Waals surface area contributed by atoms with Crippen LogP contribution in [0.15, 0.2) is 42.6 Å². The van der Waals surface area contributed by atoms with E-state index in [1.807, 2.05) is 19.1 Å². The first-order valence-electron chi connectivity index (χ1n) is 13.0. The first-order chi connectivity index (χ1) is 18.5. The van der Waals surface area contributed by atoms with Crippen LogP contribution >= 0.6 is 0 Å². The predicted molar refractivity (Wildman–Crippen MR) is 147 cm³/mol. The number of nitrogens with one attached hydrogen (secondary N) is 1. The Morgan fingerprint density at radius 2 is 1.85 bits per heavy atom. The summed E-state index contributed by atoms with van der Waals surface area (Å²) in [6.45, 7) is 7.92. The molecule has 3 amide bonds. The Labute approximate surface area is 227 Å². The van der Waals surface area contributed by atoms with Gasteiger partial charge >= 0.3 is 6.09 Å². The molecule has 3 aromatic rings. The Balaban J connectivity index is 1.62. The van der Waals surface area contributed by atoms with E-state index >= 15 is 0 Å². The number of ether oxygens (including phenoxy) is 1. The average molecular weight is 534 g/mol. The van der Waals surface area contributed by atoms with Crippen molar-refractivity contribution in [3.8, 4) is 11.3 Å². The van der Waals surface area contributed by atoms with Crippen molar-refractivity contribution in [2.45, 2.75) is 65.0 Å². The summed E-state index contributed by atoms with van der Waals surface area (Å²) in [5.41, 5.74) is 7.35. The van der Waals surface area contributed by atoms with E-state index in [2.05, 4.69) is 10.3 Å². The molecule has 1 fully saturated rings. The third-order valence-electron chi connectivity index (χ3n) is 6.50. The average Bonchev–Trinajstić information content (AvgIpc) is 3.25. The van der Waals surface area contributed by atoms with Gasteiger partial charge in [-0.05, 0) is 76.3 Å². The van der Waals surface area contributed by atoms with Gasteiger partial charge in [0.15, 0.2) is 11.5 Å². The summed E-state index contributed by atoms with van der Waals surface area (Å²) in [5, 5.41) is 2.80. The SMILES string of the molecule is CCc1ccnc(NC(=O)c2ccc(-c3nc([C@@H]4CCCCN4C(=O)OC(C)(C)C)n(N)c3C(N)=O)cc2)c1. The molecular weight excluding hydrogens is 498 g/mol. The van der Waals surface area contributed by atoms with Gasteiger partial charge in [0.1, 0.15) is 17.1 Å². The van der Waals surface area contributed by atoms with E-state index in [1.165, 1.54) is 0 Å². The van der Waals surface area contributed by atoms with Gasteiger partial charge in [0.05, 0.1) is 6.04 Å². The molecule has 1 aromatic carbocycles. The zero-order chi connectivity index (χ0) is 28.3. The topological polar surface area (TPSA) is 158 Å². The van der Waals surface area contributed by atoms with Gasteiger partial charge in [0.25, 0.3) is 11.8 Å². The van der Waals surface area contributed by atoms with Crippen LogP contribution in [0.2, 0.25) is 0 Å². The van der Waals surface area contributed by atoms with Crippen molar-refractivity contribution in [3.05, 3.63) is 65.2 Å². The molecule has 11 heteroatoms. The Morgan fingerprint density at radius 1 is 1.13 bits per heavy atom. The molecule has 3 heterocycles. The molecule has 0 spiro atoms. The number of aromatic nitrogens is 3. The third kappa shape index (κ3) is 6.19. The summed E-state index contributed by atoms with van der Waals surface area (Å²) < 4.78 is 6.77. The number of primary amides is 1. The Kier molecular flexibility index (Phi) is 7.89. The zero-order valence-corrected chi connectivity index (χ0v) is 22.7. The number of carbonyl (C=O) groups excluding carboxylic acids is 3. The standard InChI is InChI=1S/C28H35N7O4/c1-5-17-13-14-31-21(16-17)32-26(37)19-11-9-18(10-12-19)22-23(24(29)36)35(30)25(33-22)20-8-6-7-15-34(20)27(38)39-28(2,3)4/h9-14,16,20H,5-8,15,30H2,1-4H3,(H2,29,36)(H,31,32,37)/t20-/m0/s1. The van der Waals surface area contributed by atoms with Crippen LogP contribution in [0.1, 0.15) is 85.2 Å². The number of aryl methyl sites for hydroxylation is 1. The van der Waals surface area contributed by atoms with Gasteiger partial charge < -0.3 is 21.6 Å². The van der Waals surface area contributed by atoms with Crippen molar-refractivity contribution in [2.75, 3.05) is 17.7 Å². The fourth-order valence-electron chi connectivity index (χ4n) is 4.59. The Morgan fingerprint density at radius 3 is 2.49 bits per heavy atom. The first-order valence-corrected chi connectivity index (χ1v) is 13.0. The number of anilines is 1. The van der Waals surface area contributed by atoms with E-state index in [0.29, 0.717) is 35.7 Å². The summed E-state index contributed by atoms with van der Waals surface area (Å²) in [7, 11) is 0. The lowest BCUT2D eigenvalue weighted by atomic mass is 10.0. The highest BCUT2D eigenvalue weighted by Gasteiger charge is 2.36. The minimum Gasteiger partial charge on any atom is -0.444 e. The molecule has 0 saturated carbocycles. The number of nitrogens with zero attached hydrogens (tertiary/aromatic N) is 4. The van der Waals surface area contributed by atoms with Crippen LogP contribution in [0.4, 0.5) is 10.6 Å². The Hall–Kier alpha value is -4.41. The first kappa shape index (κ1) is 27.6. The minimum atomic E-state index is -0.755. The van der Waals surface area contributed by atoms with Crippen molar-refractivity contribution < 1.29 is 19.1 Å². The molecule has 206 valence electrons. The number of carbonyl (C=O) groups is 3. The minimum absolute atomic E-state index is 0.0116. The summed E-state index contributed by atoms with van der Waals surface area (Å²) in [6, 6.07) is 9.84. The molecule has 1 aliphatic heterocycles. The number of nitrogens with two attached hydrogens (primary N) is 2. The van der Waals surface area contributed by atoms with Gasteiger partial charge in [-0.1, -0.05) is 19.1 Å². The molecule has 39 heavy (non-hydrogen) atoms. The highest BCUT2D eigenvalue weighted by molar-refractivity contribution is 6.04. The summed E-state index contributed by atoms with van der Waals surface area (Å²) in [4.78, 5) is 48.7. The summed E-state index contributed by atoms with van der Waals surface area (Å²) >= 11 is 0. The monoisotopic (exact) mass is 533 g/mol. The normalized spacial score (nSPS) is 15.6. The van der Waals surface area contributed by atoms with E-state index in [0.717, 1.165) is 29.5 Å². The highest BCUT2D eigenvalue weighted by atomic mass is 16.6. The lowest BCUT2D eigenvalue weighted by Crippen LogP contribution is -2.43. The molecule has 0 radical (unpaired) electrons. The van der Waals surface area contributed by atoms with Crippen molar-refractivity contribution in [2.24, 2.45) is 5.73 Å². The number of hydrogen-bond acceptors (Lipinski definition) is 7. The van der Waals surface area contributed by atoms with Crippen LogP contribution in [0.3, 0.4) is 0 Å². The third-order valence-corrected chi connectivity index (χ3v) is 6.50. The van der Waals surface area contributed by atoms with Crippen LogP contribution < -0.4 is 16.9 Å². The number of pyridine rings is 1. The molecular formula is C28H35N7O4. The van der Waals surface area contributed by atoms with E-state index in [-0.39, 0.29) is 17.3 Å². The van der Waals surface area contributed by atoms with Crippen molar-refractivity contribution in [3.63, 3.8) is 0 Å². The van der Waals surface area contributed by atoms with Crippen LogP contribution in [-0.4, -0.2) is 49.6 Å². The van der Waals surface area contributed by atoms with Gasteiger partial charge in [-0.25, -0.2) is 19.4 Å². The van der Waals surface area contributed by atoms with Crippen LogP contribution in [-0.2, 0) is 11.2 Å². The molecule has 0 aliphatic carbocycles. The molecule has 4 rings (SSSR count). The lowest BCUT2D eigenvalue weighted by molar-refractivity contribution is 0.00821. The second-order valence-corrected chi connectivity index (χ2v) is 10.5. The number of imidazole rings is 1. The largest absolute Gasteiger partial charge is 0.444 e. The fourth-order valence-corrected chi connectivity index (χ4v) is 4.59. The van der Waals surface area contributed by atoms with E-state index in [1.54, 1.807) is 56.1 Å². The van der Waals surface area contributed by atoms with Gasteiger partial charge in [-0.15, -0.1) is 0 Å². The smallest absolute Gasteiger partial charge is 0.410 e. The van der Waals surface area contributed by atoms with Crippen LogP contribution in [0, 0.1) is 0 Å². The summed E-state index contributed by atoms with van der Waals surface area (Å²) in [5.74, 6) is 6.08. The summed E-state index contributed by atoms with van der Waals surface area (Å²) in [6.07, 6.45) is 4.30.